The highest BCUT2D eigenvalue weighted by molar-refractivity contribution is 7.89. The third-order valence-electron chi connectivity index (χ3n) is 2.24. The van der Waals surface area contributed by atoms with Crippen LogP contribution in [0.1, 0.15) is 26.2 Å². The number of hydrogen-bond donors (Lipinski definition) is 3. The van der Waals surface area contributed by atoms with Crippen LogP contribution >= 0.6 is 0 Å². The minimum Gasteiger partial charge on any atom is -0.368 e. The standard InChI is InChI=1S/C11H19N5O2S/c1-2-3-6-9-19(17,18)16-15-11(12)14-10-7-4-5-8-13-10/h4-5,7-8,16H,2-3,6,9H2,1H3,(H3,12,13,14,15). The molecule has 106 valence electrons. The van der Waals surface area contributed by atoms with E-state index in [0.717, 1.165) is 12.8 Å². The lowest BCUT2D eigenvalue weighted by Crippen LogP contribution is -2.30. The summed E-state index contributed by atoms with van der Waals surface area (Å²) in [7, 11) is -3.42. The number of pyridine rings is 1. The molecule has 8 heteroatoms. The normalized spacial score (nSPS) is 12.2. The van der Waals surface area contributed by atoms with Gasteiger partial charge in [-0.25, -0.2) is 18.2 Å². The lowest BCUT2D eigenvalue weighted by Gasteiger charge is -2.06. The van der Waals surface area contributed by atoms with Crippen LogP contribution in [0, 0.1) is 0 Å². The minimum absolute atomic E-state index is 0.0429. The Kier molecular flexibility index (Phi) is 6.07. The molecule has 0 saturated carbocycles. The summed E-state index contributed by atoms with van der Waals surface area (Å²) in [6, 6.07) is 5.23. The Morgan fingerprint density at radius 1 is 1.42 bits per heavy atom. The van der Waals surface area contributed by atoms with E-state index in [1.165, 1.54) is 0 Å². The lowest BCUT2D eigenvalue weighted by atomic mass is 10.3. The van der Waals surface area contributed by atoms with Gasteiger partial charge in [0.2, 0.25) is 16.0 Å². The molecule has 0 aliphatic carbocycles. The fourth-order valence-electron chi connectivity index (χ4n) is 1.30. The summed E-state index contributed by atoms with van der Waals surface area (Å²) >= 11 is 0. The summed E-state index contributed by atoms with van der Waals surface area (Å²) in [4.78, 5) is 6.06. The summed E-state index contributed by atoms with van der Waals surface area (Å²) in [5.74, 6) is 0.480. The summed E-state index contributed by atoms with van der Waals surface area (Å²) in [5.41, 5.74) is 5.54. The highest BCUT2D eigenvalue weighted by atomic mass is 32.2. The molecule has 0 amide bonds. The number of guanidine groups is 1. The Morgan fingerprint density at radius 3 is 2.84 bits per heavy atom. The molecular weight excluding hydrogens is 266 g/mol. The number of hydrogen-bond acceptors (Lipinski definition) is 4. The molecular formula is C11H19N5O2S. The Labute approximate surface area is 113 Å². The van der Waals surface area contributed by atoms with E-state index in [0.29, 0.717) is 12.2 Å². The highest BCUT2D eigenvalue weighted by Crippen LogP contribution is 1.99. The smallest absolute Gasteiger partial charge is 0.247 e. The molecule has 0 aliphatic rings. The molecule has 0 saturated heterocycles. The third kappa shape index (κ3) is 6.61. The van der Waals surface area contributed by atoms with Gasteiger partial charge in [-0.1, -0.05) is 25.8 Å². The van der Waals surface area contributed by atoms with Crippen molar-refractivity contribution < 1.29 is 8.42 Å². The van der Waals surface area contributed by atoms with Gasteiger partial charge >= 0.3 is 0 Å². The number of aromatic nitrogens is 1. The van der Waals surface area contributed by atoms with Gasteiger partial charge in [-0.3, -0.25) is 0 Å². The van der Waals surface area contributed by atoms with Gasteiger partial charge in [0.05, 0.1) is 5.75 Å². The molecule has 4 N–H and O–H groups in total. The average Bonchev–Trinajstić information content (AvgIpc) is 2.38. The number of nitrogens with two attached hydrogens (primary N) is 1. The van der Waals surface area contributed by atoms with Crippen molar-refractivity contribution in [3.05, 3.63) is 24.4 Å². The van der Waals surface area contributed by atoms with Gasteiger partial charge in [-0.05, 0) is 18.6 Å². The van der Waals surface area contributed by atoms with Crippen LogP contribution in [-0.2, 0) is 10.0 Å². The van der Waals surface area contributed by atoms with Gasteiger partial charge in [0, 0.05) is 6.20 Å². The van der Waals surface area contributed by atoms with Crippen molar-refractivity contribution in [2.75, 3.05) is 11.1 Å². The van der Waals surface area contributed by atoms with Crippen LogP contribution < -0.4 is 15.9 Å². The van der Waals surface area contributed by atoms with E-state index in [4.69, 9.17) is 5.73 Å². The van der Waals surface area contributed by atoms with Gasteiger partial charge in [-0.15, -0.1) is 5.10 Å². The molecule has 7 nitrogen and oxygen atoms in total. The number of hydrazone groups is 1. The van der Waals surface area contributed by atoms with Gasteiger partial charge < -0.3 is 11.1 Å². The molecule has 0 atom stereocenters. The maximum atomic E-state index is 11.5. The number of sulfonamides is 1. The molecule has 0 aromatic carbocycles. The fraction of sp³-hybridized carbons (Fsp3) is 0.455. The molecule has 19 heavy (non-hydrogen) atoms. The van der Waals surface area contributed by atoms with Crippen molar-refractivity contribution in [1.82, 2.24) is 9.82 Å². The molecule has 0 radical (unpaired) electrons. The molecule has 0 aliphatic heterocycles. The number of unbranched alkanes of at least 4 members (excludes halogenated alkanes) is 2. The zero-order valence-corrected chi connectivity index (χ0v) is 11.7. The van der Waals surface area contributed by atoms with Crippen LogP contribution in [0.2, 0.25) is 0 Å². The van der Waals surface area contributed by atoms with E-state index in [-0.39, 0.29) is 11.7 Å². The highest BCUT2D eigenvalue weighted by Gasteiger charge is 2.08. The van der Waals surface area contributed by atoms with Crippen LogP contribution in [0.3, 0.4) is 0 Å². The molecule has 1 rings (SSSR count). The van der Waals surface area contributed by atoms with E-state index >= 15 is 0 Å². The first-order valence-corrected chi connectivity index (χ1v) is 7.69. The zero-order valence-electron chi connectivity index (χ0n) is 10.8. The molecule has 0 fully saturated rings. The van der Waals surface area contributed by atoms with E-state index in [1.54, 1.807) is 24.4 Å². The maximum absolute atomic E-state index is 11.5. The third-order valence-corrected chi connectivity index (χ3v) is 3.44. The van der Waals surface area contributed by atoms with Crippen LogP contribution in [0.25, 0.3) is 0 Å². The summed E-state index contributed by atoms with van der Waals surface area (Å²) in [6.45, 7) is 2.01. The topological polar surface area (TPSA) is 109 Å². The van der Waals surface area contributed by atoms with Crippen molar-refractivity contribution in [1.29, 1.82) is 0 Å². The number of rotatable bonds is 7. The van der Waals surface area contributed by atoms with Crippen molar-refractivity contribution >= 4 is 21.8 Å². The Bertz CT molecular complexity index is 501. The predicted octanol–water partition coefficient (Wildman–Crippen LogP) is 0.833. The SMILES string of the molecule is CCCCCS(=O)(=O)NN=C(N)Nc1ccccn1. The molecule has 1 heterocycles. The molecule has 0 unspecified atom stereocenters. The average molecular weight is 285 g/mol. The summed E-state index contributed by atoms with van der Waals surface area (Å²) in [5, 5.41) is 6.25. The monoisotopic (exact) mass is 285 g/mol. The Morgan fingerprint density at radius 2 is 2.21 bits per heavy atom. The van der Waals surface area contributed by atoms with Crippen molar-refractivity contribution in [2.45, 2.75) is 26.2 Å². The first-order valence-electron chi connectivity index (χ1n) is 6.04. The van der Waals surface area contributed by atoms with Crippen LogP contribution in [0.4, 0.5) is 5.82 Å². The number of nitrogens with zero attached hydrogens (tertiary/aromatic N) is 2. The second-order valence-electron chi connectivity index (χ2n) is 3.95. The Hall–Kier alpha value is -1.83. The first-order chi connectivity index (χ1) is 9.03. The zero-order chi connectivity index (χ0) is 14.1. The minimum atomic E-state index is -3.42. The fourth-order valence-corrected chi connectivity index (χ4v) is 2.22. The van der Waals surface area contributed by atoms with Gasteiger partial charge in [0.25, 0.3) is 0 Å². The van der Waals surface area contributed by atoms with Crippen molar-refractivity contribution in [3.8, 4) is 0 Å². The van der Waals surface area contributed by atoms with Crippen LogP contribution in [0.15, 0.2) is 29.5 Å². The van der Waals surface area contributed by atoms with Crippen LogP contribution in [0.5, 0.6) is 0 Å². The number of nitrogens with one attached hydrogen (secondary N) is 2. The number of anilines is 1. The second-order valence-corrected chi connectivity index (χ2v) is 5.77. The first kappa shape index (κ1) is 15.2. The van der Waals surface area contributed by atoms with E-state index in [9.17, 15) is 8.42 Å². The van der Waals surface area contributed by atoms with E-state index in [1.807, 2.05) is 6.92 Å². The predicted molar refractivity (Wildman–Crippen MR) is 75.9 cm³/mol. The lowest BCUT2D eigenvalue weighted by molar-refractivity contribution is 0.579. The summed E-state index contributed by atoms with van der Waals surface area (Å²) in [6.07, 6.45) is 4.02. The van der Waals surface area contributed by atoms with E-state index < -0.39 is 10.0 Å². The molecule has 1 aromatic rings. The molecule has 1 aromatic heterocycles. The summed E-state index contributed by atoms with van der Waals surface area (Å²) < 4.78 is 23.1. The molecule has 0 spiro atoms. The second kappa shape index (κ2) is 7.57. The largest absolute Gasteiger partial charge is 0.368 e. The van der Waals surface area contributed by atoms with Crippen molar-refractivity contribution in [3.63, 3.8) is 0 Å². The van der Waals surface area contributed by atoms with Gasteiger partial charge in [0.15, 0.2) is 0 Å². The molecule has 0 bridgehead atoms. The van der Waals surface area contributed by atoms with E-state index in [2.05, 4.69) is 20.2 Å². The maximum Gasteiger partial charge on any atom is 0.247 e. The van der Waals surface area contributed by atoms with Crippen molar-refractivity contribution in [2.24, 2.45) is 10.8 Å². The van der Waals surface area contributed by atoms with Crippen LogP contribution in [-0.4, -0.2) is 25.1 Å². The Balaban J connectivity index is 2.47. The van der Waals surface area contributed by atoms with Gasteiger partial charge in [0.1, 0.15) is 5.82 Å². The van der Waals surface area contributed by atoms with Gasteiger partial charge in [-0.2, -0.15) is 0 Å². The quantitative estimate of drug-likeness (QED) is 0.297.